The maximum Gasteiger partial charge on any atom is 0.239 e. The van der Waals surface area contributed by atoms with Gasteiger partial charge in [-0.05, 0) is 53.3 Å². The molecule has 3 aliphatic carbocycles. The molecule has 0 saturated carbocycles. The van der Waals surface area contributed by atoms with Crippen LogP contribution in [0.3, 0.4) is 0 Å². The molecule has 3 aromatic rings. The molecule has 1 aliphatic heterocycles. The fourth-order valence-electron chi connectivity index (χ4n) is 6.91. The highest BCUT2D eigenvalue weighted by molar-refractivity contribution is 6.24. The number of ether oxygens (including phenoxy) is 2. The topological polar surface area (TPSA) is 55.8 Å². The Morgan fingerprint density at radius 3 is 1.97 bits per heavy atom. The van der Waals surface area contributed by atoms with Crippen LogP contribution in [-0.2, 0) is 24.5 Å². The Labute approximate surface area is 199 Å². The molecular weight excluding hydrogens is 426 g/mol. The third-order valence-electron chi connectivity index (χ3n) is 8.30. The van der Waals surface area contributed by atoms with Crippen LogP contribution in [-0.4, -0.2) is 32.3 Å². The van der Waals surface area contributed by atoms with E-state index in [4.69, 9.17) is 9.47 Å². The van der Waals surface area contributed by atoms with E-state index in [1.807, 2.05) is 56.3 Å². The van der Waals surface area contributed by atoms with E-state index in [1.54, 1.807) is 14.2 Å². The van der Waals surface area contributed by atoms with Crippen LogP contribution in [0.1, 0.15) is 39.3 Å². The van der Waals surface area contributed by atoms with Crippen LogP contribution in [0, 0.1) is 25.7 Å². The van der Waals surface area contributed by atoms with E-state index >= 15 is 0 Å². The molecular formula is C29H27NO4. The van der Waals surface area contributed by atoms with Crippen molar-refractivity contribution in [3.05, 3.63) is 100 Å². The van der Waals surface area contributed by atoms with Gasteiger partial charge in [0.25, 0.3) is 0 Å². The highest BCUT2D eigenvalue weighted by Gasteiger charge is 2.71. The van der Waals surface area contributed by atoms with E-state index in [-0.39, 0.29) is 17.7 Å². The van der Waals surface area contributed by atoms with E-state index in [9.17, 15) is 9.59 Å². The molecule has 0 radical (unpaired) electrons. The zero-order chi connectivity index (χ0) is 23.8. The summed E-state index contributed by atoms with van der Waals surface area (Å²) in [5.41, 5.74) is 5.89. The molecule has 5 nitrogen and oxygen atoms in total. The standard InChI is InChI=1S/C29H27NO4/c1-16-10-9-15-22(17(16)2)30-26(31)24-23-18-11-5-7-13-20(18)29(25(24)27(30)32,28(33-3)34-4)21-14-8-6-12-19(21)23/h5-15,23-25,28H,1-4H3. The van der Waals surface area contributed by atoms with Crippen LogP contribution < -0.4 is 4.90 Å². The SMILES string of the molecule is COC(OC)C12c3ccccc3C(c3ccccc31)C1C(=O)N(c3cccc(C)c3C)C(=O)C12. The number of carbonyl (C=O) groups is 2. The lowest BCUT2D eigenvalue weighted by molar-refractivity contribution is -0.168. The minimum Gasteiger partial charge on any atom is -0.355 e. The normalized spacial score (nSPS) is 26.6. The zero-order valence-electron chi connectivity index (χ0n) is 19.7. The Balaban J connectivity index is 1.68. The minimum absolute atomic E-state index is 0.145. The molecule has 1 saturated heterocycles. The summed E-state index contributed by atoms with van der Waals surface area (Å²) < 4.78 is 11.9. The molecule has 2 bridgehead atoms. The average Bonchev–Trinajstić information content (AvgIpc) is 3.13. The van der Waals surface area contributed by atoms with Crippen LogP contribution in [0.2, 0.25) is 0 Å². The molecule has 2 amide bonds. The second-order valence-electron chi connectivity index (χ2n) is 9.56. The molecule has 2 atom stereocenters. The number of benzene rings is 3. The lowest BCUT2D eigenvalue weighted by Crippen LogP contribution is -2.60. The smallest absolute Gasteiger partial charge is 0.239 e. The second kappa shape index (κ2) is 7.36. The molecule has 34 heavy (non-hydrogen) atoms. The maximum atomic E-state index is 14.4. The number of aryl methyl sites for hydroxylation is 1. The monoisotopic (exact) mass is 453 g/mol. The number of hydrogen-bond donors (Lipinski definition) is 0. The molecule has 5 heteroatoms. The van der Waals surface area contributed by atoms with Gasteiger partial charge < -0.3 is 9.47 Å². The number of carbonyl (C=O) groups excluding carboxylic acids is 2. The molecule has 1 fully saturated rings. The van der Waals surface area contributed by atoms with Crippen LogP contribution in [0.5, 0.6) is 0 Å². The Bertz CT molecular complexity index is 1290. The van der Waals surface area contributed by atoms with E-state index in [1.165, 1.54) is 4.90 Å². The summed E-state index contributed by atoms with van der Waals surface area (Å²) in [4.78, 5) is 30.0. The number of nitrogens with zero attached hydrogens (tertiary/aromatic N) is 1. The highest BCUT2D eigenvalue weighted by Crippen LogP contribution is 2.65. The number of rotatable bonds is 4. The number of methoxy groups -OCH3 is 2. The first-order valence-corrected chi connectivity index (χ1v) is 11.7. The van der Waals surface area contributed by atoms with Gasteiger partial charge in [0, 0.05) is 20.1 Å². The molecule has 1 heterocycles. The lowest BCUT2D eigenvalue weighted by Gasteiger charge is -2.56. The van der Waals surface area contributed by atoms with Crippen molar-refractivity contribution in [1.29, 1.82) is 0 Å². The lowest BCUT2D eigenvalue weighted by atomic mass is 9.47. The molecule has 3 aromatic carbocycles. The Kier molecular flexibility index (Phi) is 4.60. The van der Waals surface area contributed by atoms with Gasteiger partial charge in [-0.1, -0.05) is 60.7 Å². The number of amides is 2. The van der Waals surface area contributed by atoms with Gasteiger partial charge in [0.1, 0.15) is 0 Å². The number of imide groups is 1. The van der Waals surface area contributed by atoms with Crippen molar-refractivity contribution in [3.63, 3.8) is 0 Å². The minimum atomic E-state index is -0.935. The molecule has 172 valence electrons. The first-order valence-electron chi connectivity index (χ1n) is 11.7. The summed E-state index contributed by atoms with van der Waals surface area (Å²) in [7, 11) is 3.21. The average molecular weight is 454 g/mol. The van der Waals surface area contributed by atoms with Gasteiger partial charge in [-0.25, -0.2) is 4.90 Å². The van der Waals surface area contributed by atoms with Gasteiger partial charge in [0.2, 0.25) is 11.8 Å². The molecule has 0 aromatic heterocycles. The van der Waals surface area contributed by atoms with Crippen molar-refractivity contribution in [2.75, 3.05) is 19.1 Å². The van der Waals surface area contributed by atoms with Gasteiger partial charge in [-0.15, -0.1) is 0 Å². The van der Waals surface area contributed by atoms with Crippen LogP contribution >= 0.6 is 0 Å². The molecule has 2 unspecified atom stereocenters. The van der Waals surface area contributed by atoms with E-state index in [0.717, 1.165) is 33.4 Å². The van der Waals surface area contributed by atoms with Crippen molar-refractivity contribution in [1.82, 2.24) is 0 Å². The van der Waals surface area contributed by atoms with Gasteiger partial charge in [0.15, 0.2) is 6.29 Å². The number of hydrogen-bond acceptors (Lipinski definition) is 4. The summed E-state index contributed by atoms with van der Waals surface area (Å²) in [5, 5.41) is 0. The fraction of sp³-hybridized carbons (Fsp3) is 0.310. The maximum absolute atomic E-state index is 14.4. The second-order valence-corrected chi connectivity index (χ2v) is 9.56. The van der Waals surface area contributed by atoms with Crippen molar-refractivity contribution in [2.24, 2.45) is 11.8 Å². The molecule has 7 rings (SSSR count). The Hall–Kier alpha value is -3.28. The first-order chi connectivity index (χ1) is 16.5. The summed E-state index contributed by atoms with van der Waals surface area (Å²) in [5.74, 6) is -1.67. The van der Waals surface area contributed by atoms with Gasteiger partial charge >= 0.3 is 0 Å². The van der Waals surface area contributed by atoms with E-state index in [0.29, 0.717) is 5.69 Å². The van der Waals surface area contributed by atoms with Gasteiger partial charge in [-0.2, -0.15) is 0 Å². The highest BCUT2D eigenvalue weighted by atomic mass is 16.7. The molecule has 0 spiro atoms. The summed E-state index contributed by atoms with van der Waals surface area (Å²) in [6.07, 6.45) is -0.737. The van der Waals surface area contributed by atoms with Crippen LogP contribution in [0.15, 0.2) is 66.7 Å². The van der Waals surface area contributed by atoms with E-state index in [2.05, 4.69) is 24.3 Å². The molecule has 4 aliphatic rings. The van der Waals surface area contributed by atoms with Crippen molar-refractivity contribution in [2.45, 2.75) is 31.5 Å². The predicted molar refractivity (Wildman–Crippen MR) is 129 cm³/mol. The van der Waals surface area contributed by atoms with Gasteiger partial charge in [-0.3, -0.25) is 9.59 Å². The predicted octanol–water partition coefficient (Wildman–Crippen LogP) is 4.47. The first kappa shape index (κ1) is 21.3. The number of anilines is 1. The van der Waals surface area contributed by atoms with Crippen molar-refractivity contribution in [3.8, 4) is 0 Å². The van der Waals surface area contributed by atoms with Crippen LogP contribution in [0.25, 0.3) is 0 Å². The summed E-state index contributed by atoms with van der Waals surface area (Å²) in [6.45, 7) is 3.97. The fourth-order valence-corrected chi connectivity index (χ4v) is 6.91. The summed E-state index contributed by atoms with van der Waals surface area (Å²) >= 11 is 0. The van der Waals surface area contributed by atoms with Gasteiger partial charge in [0.05, 0.1) is 22.9 Å². The van der Waals surface area contributed by atoms with E-state index < -0.39 is 23.5 Å². The van der Waals surface area contributed by atoms with Crippen molar-refractivity contribution >= 4 is 17.5 Å². The summed E-state index contributed by atoms with van der Waals surface area (Å²) in [6, 6.07) is 22.1. The third kappa shape index (κ3) is 2.36. The quantitative estimate of drug-likeness (QED) is 0.432. The Morgan fingerprint density at radius 1 is 0.794 bits per heavy atom. The largest absolute Gasteiger partial charge is 0.355 e. The molecule has 0 N–H and O–H groups in total. The third-order valence-corrected chi connectivity index (χ3v) is 8.30. The van der Waals surface area contributed by atoms with Crippen molar-refractivity contribution < 1.29 is 19.1 Å². The zero-order valence-corrected chi connectivity index (χ0v) is 19.7. The van der Waals surface area contributed by atoms with Crippen LogP contribution in [0.4, 0.5) is 5.69 Å². The Morgan fingerprint density at radius 2 is 1.38 bits per heavy atom.